The Morgan fingerprint density at radius 3 is 2.79 bits per heavy atom. The van der Waals surface area contributed by atoms with E-state index in [0.717, 1.165) is 24.3 Å². The van der Waals surface area contributed by atoms with E-state index in [1.165, 1.54) is 16.9 Å². The number of carbonyl (C=O) groups is 1. The molecule has 3 N–H and O–H groups in total. The summed E-state index contributed by atoms with van der Waals surface area (Å²) in [5.74, 6) is 0.829. The van der Waals surface area contributed by atoms with Gasteiger partial charge in [-0.3, -0.25) is 4.79 Å². The van der Waals surface area contributed by atoms with Gasteiger partial charge in [0.05, 0.1) is 11.0 Å². The standard InChI is InChI=1S/C18H28N2O2S.ClH/c1-18(2,3)13-4-5-15-11(6-13)7-16(23-15)17(22)20-9-12-8-19-10-14(12)21;/h7,12-14,19,21H,4-6,8-10H2,1-3H3,(H,20,22);1H. The van der Waals surface area contributed by atoms with E-state index >= 15 is 0 Å². The summed E-state index contributed by atoms with van der Waals surface area (Å²) >= 11 is 1.65. The van der Waals surface area contributed by atoms with Crippen LogP contribution in [0.4, 0.5) is 0 Å². The van der Waals surface area contributed by atoms with Gasteiger partial charge in [-0.25, -0.2) is 0 Å². The van der Waals surface area contributed by atoms with Gasteiger partial charge in [0.2, 0.25) is 0 Å². The predicted molar refractivity (Wildman–Crippen MR) is 101 cm³/mol. The molecule has 0 aromatic carbocycles. The second kappa shape index (κ2) is 7.73. The van der Waals surface area contributed by atoms with Gasteiger partial charge in [-0.05, 0) is 42.2 Å². The van der Waals surface area contributed by atoms with Crippen LogP contribution in [0.2, 0.25) is 0 Å². The molecule has 0 radical (unpaired) electrons. The fourth-order valence-corrected chi connectivity index (χ4v) is 4.74. The second-order valence-electron chi connectivity index (χ2n) is 8.06. The van der Waals surface area contributed by atoms with Crippen LogP contribution in [-0.2, 0) is 12.8 Å². The number of halogens is 1. The van der Waals surface area contributed by atoms with Crippen LogP contribution >= 0.6 is 23.7 Å². The number of rotatable bonds is 3. The smallest absolute Gasteiger partial charge is 0.261 e. The van der Waals surface area contributed by atoms with Crippen LogP contribution in [0.3, 0.4) is 0 Å². The zero-order chi connectivity index (χ0) is 16.6. The van der Waals surface area contributed by atoms with Crippen molar-refractivity contribution in [1.82, 2.24) is 10.6 Å². The number of hydrogen-bond donors (Lipinski definition) is 3. The van der Waals surface area contributed by atoms with Crippen LogP contribution in [-0.4, -0.2) is 36.8 Å². The SMILES string of the molecule is CC(C)(C)C1CCc2sc(C(=O)NCC3CNCC3O)cc2C1.Cl. The first-order chi connectivity index (χ1) is 10.8. The molecule has 0 spiro atoms. The number of aliphatic hydroxyl groups is 1. The molecule has 3 atom stereocenters. The monoisotopic (exact) mass is 372 g/mol. The van der Waals surface area contributed by atoms with Gasteiger partial charge in [-0.1, -0.05) is 20.8 Å². The number of amides is 1. The highest BCUT2D eigenvalue weighted by Crippen LogP contribution is 2.40. The molecule has 3 unspecified atom stereocenters. The maximum Gasteiger partial charge on any atom is 0.261 e. The first-order valence-electron chi connectivity index (χ1n) is 8.63. The van der Waals surface area contributed by atoms with Gasteiger partial charge >= 0.3 is 0 Å². The molecular formula is C18H29ClN2O2S. The quantitative estimate of drug-likeness (QED) is 0.764. The van der Waals surface area contributed by atoms with Gasteiger partial charge in [0.15, 0.2) is 0 Å². The predicted octanol–water partition coefficient (Wildman–Crippen LogP) is 2.63. The van der Waals surface area contributed by atoms with Crippen LogP contribution < -0.4 is 10.6 Å². The molecular weight excluding hydrogens is 344 g/mol. The molecule has 4 nitrogen and oxygen atoms in total. The van der Waals surface area contributed by atoms with Gasteiger partial charge < -0.3 is 15.7 Å². The zero-order valence-corrected chi connectivity index (χ0v) is 16.4. The van der Waals surface area contributed by atoms with Crippen molar-refractivity contribution in [1.29, 1.82) is 0 Å². The first-order valence-corrected chi connectivity index (χ1v) is 9.45. The third kappa shape index (κ3) is 4.31. The summed E-state index contributed by atoms with van der Waals surface area (Å²) in [6.45, 7) is 8.87. The summed E-state index contributed by atoms with van der Waals surface area (Å²) in [4.78, 5) is 14.6. The Bertz CT molecular complexity index is 582. The van der Waals surface area contributed by atoms with Gasteiger partial charge in [-0.15, -0.1) is 23.7 Å². The highest BCUT2D eigenvalue weighted by Gasteiger charge is 2.31. The van der Waals surface area contributed by atoms with E-state index in [9.17, 15) is 9.90 Å². The number of β-amino-alcohol motifs (C(OH)–C–C–N with tert-alkyl or cyclic N) is 1. The number of carbonyl (C=O) groups excluding carboxylic acids is 1. The summed E-state index contributed by atoms with van der Waals surface area (Å²) < 4.78 is 0. The summed E-state index contributed by atoms with van der Waals surface area (Å²) in [5, 5.41) is 15.9. The van der Waals surface area contributed by atoms with Crippen molar-refractivity contribution in [2.45, 2.75) is 46.1 Å². The van der Waals surface area contributed by atoms with Crippen LogP contribution in [0.5, 0.6) is 0 Å². The van der Waals surface area contributed by atoms with E-state index in [4.69, 9.17) is 0 Å². The number of thiophene rings is 1. The van der Waals surface area contributed by atoms with E-state index in [1.807, 2.05) is 0 Å². The molecule has 1 aromatic rings. The van der Waals surface area contributed by atoms with Gasteiger partial charge in [-0.2, -0.15) is 0 Å². The average molecular weight is 373 g/mol. The van der Waals surface area contributed by atoms with E-state index in [-0.39, 0.29) is 30.3 Å². The molecule has 1 amide bonds. The molecule has 1 aromatic heterocycles. The molecule has 136 valence electrons. The van der Waals surface area contributed by atoms with E-state index in [2.05, 4.69) is 37.5 Å². The number of aryl methyl sites for hydroxylation is 1. The molecule has 0 bridgehead atoms. The summed E-state index contributed by atoms with van der Waals surface area (Å²) in [5.41, 5.74) is 1.70. The van der Waals surface area contributed by atoms with Gasteiger partial charge in [0, 0.05) is 30.4 Å². The summed E-state index contributed by atoms with van der Waals surface area (Å²) in [6, 6.07) is 2.09. The molecule has 2 heterocycles. The lowest BCUT2D eigenvalue weighted by atomic mass is 9.72. The number of nitrogens with one attached hydrogen (secondary N) is 2. The lowest BCUT2D eigenvalue weighted by Crippen LogP contribution is -2.34. The molecule has 1 aliphatic carbocycles. The Morgan fingerprint density at radius 2 is 2.17 bits per heavy atom. The molecule has 2 aliphatic rings. The minimum absolute atomic E-state index is 0. The summed E-state index contributed by atoms with van der Waals surface area (Å²) in [7, 11) is 0. The largest absolute Gasteiger partial charge is 0.391 e. The molecule has 3 rings (SSSR count). The maximum absolute atomic E-state index is 12.4. The summed E-state index contributed by atoms with van der Waals surface area (Å²) in [6.07, 6.45) is 3.06. The lowest BCUT2D eigenvalue weighted by molar-refractivity contribution is 0.0931. The zero-order valence-electron chi connectivity index (χ0n) is 14.7. The van der Waals surface area contributed by atoms with E-state index in [1.54, 1.807) is 11.3 Å². The molecule has 1 aliphatic heterocycles. The van der Waals surface area contributed by atoms with Crippen molar-refractivity contribution >= 4 is 29.7 Å². The van der Waals surface area contributed by atoms with Crippen LogP contribution in [0, 0.1) is 17.3 Å². The highest BCUT2D eigenvalue weighted by molar-refractivity contribution is 7.14. The first kappa shape index (κ1) is 19.7. The lowest BCUT2D eigenvalue weighted by Gasteiger charge is -2.33. The molecule has 0 saturated carbocycles. The van der Waals surface area contributed by atoms with Crippen LogP contribution in [0.25, 0.3) is 0 Å². The Hall–Kier alpha value is -0.620. The van der Waals surface area contributed by atoms with Crippen molar-refractivity contribution in [2.24, 2.45) is 17.3 Å². The van der Waals surface area contributed by atoms with Gasteiger partial charge in [0.1, 0.15) is 0 Å². The normalized spacial score (nSPS) is 26.6. The molecule has 24 heavy (non-hydrogen) atoms. The Morgan fingerprint density at radius 1 is 1.42 bits per heavy atom. The topological polar surface area (TPSA) is 61.4 Å². The second-order valence-corrected chi connectivity index (χ2v) is 9.20. The average Bonchev–Trinajstić information content (AvgIpc) is 3.09. The molecule has 6 heteroatoms. The minimum Gasteiger partial charge on any atom is -0.391 e. The van der Waals surface area contributed by atoms with E-state index < -0.39 is 0 Å². The van der Waals surface area contributed by atoms with Crippen LogP contribution in [0.1, 0.15) is 47.3 Å². The Labute approximate surface area is 154 Å². The van der Waals surface area contributed by atoms with Crippen LogP contribution in [0.15, 0.2) is 6.07 Å². The minimum atomic E-state index is -0.348. The van der Waals surface area contributed by atoms with E-state index in [0.29, 0.717) is 24.4 Å². The highest BCUT2D eigenvalue weighted by atomic mass is 35.5. The Balaban J connectivity index is 0.00000208. The Kier molecular flexibility index (Phi) is 6.35. The van der Waals surface area contributed by atoms with Crippen molar-refractivity contribution < 1.29 is 9.90 Å². The third-order valence-corrected chi connectivity index (χ3v) is 6.60. The third-order valence-electron chi connectivity index (χ3n) is 5.36. The number of aliphatic hydroxyl groups excluding tert-OH is 1. The van der Waals surface area contributed by atoms with Gasteiger partial charge in [0.25, 0.3) is 5.91 Å². The number of fused-ring (bicyclic) bond motifs is 1. The van der Waals surface area contributed by atoms with Crippen molar-refractivity contribution in [3.05, 3.63) is 21.4 Å². The van der Waals surface area contributed by atoms with Crippen molar-refractivity contribution in [3.8, 4) is 0 Å². The van der Waals surface area contributed by atoms with Crippen molar-refractivity contribution in [2.75, 3.05) is 19.6 Å². The number of hydrogen-bond acceptors (Lipinski definition) is 4. The molecule has 1 saturated heterocycles. The fraction of sp³-hybridized carbons (Fsp3) is 0.722. The van der Waals surface area contributed by atoms with Crippen molar-refractivity contribution in [3.63, 3.8) is 0 Å². The fourth-order valence-electron chi connectivity index (χ4n) is 3.61. The maximum atomic E-state index is 12.4. The molecule has 1 fully saturated rings.